The number of hydrogen-bond acceptors (Lipinski definition) is 4. The molecule has 24 heavy (non-hydrogen) atoms. The maximum Gasteiger partial charge on any atom is 0.305 e. The summed E-state index contributed by atoms with van der Waals surface area (Å²) in [5.74, 6) is -1.44. The highest BCUT2D eigenvalue weighted by Crippen LogP contribution is 2.24. The predicted octanol–water partition coefficient (Wildman–Crippen LogP) is 3.54. The van der Waals surface area contributed by atoms with Crippen LogP contribution in [0.25, 0.3) is 0 Å². The molecular weight excluding hydrogens is 377 g/mol. The molecule has 1 unspecified atom stereocenters. The Bertz CT molecular complexity index is 718. The lowest BCUT2D eigenvalue weighted by Crippen LogP contribution is -2.16. The summed E-state index contributed by atoms with van der Waals surface area (Å²) in [4.78, 5) is 26.6. The summed E-state index contributed by atoms with van der Waals surface area (Å²) in [6.45, 7) is 0. The molecule has 2 aromatic rings. The molecule has 0 aliphatic carbocycles. The van der Waals surface area contributed by atoms with Crippen molar-refractivity contribution in [3.8, 4) is 0 Å². The molecule has 0 fully saturated rings. The van der Waals surface area contributed by atoms with Crippen molar-refractivity contribution >= 4 is 53.2 Å². The zero-order valence-corrected chi connectivity index (χ0v) is 14.5. The molecular formula is C15H14Cl3N3O3. The number of benzene rings is 1. The van der Waals surface area contributed by atoms with Gasteiger partial charge < -0.3 is 16.2 Å². The van der Waals surface area contributed by atoms with Crippen LogP contribution in [0, 0.1) is 0 Å². The second-order valence-corrected chi connectivity index (χ2v) is 5.57. The maximum atomic E-state index is 12.2. The minimum Gasteiger partial charge on any atom is -0.481 e. The molecule has 0 aliphatic heterocycles. The van der Waals surface area contributed by atoms with Gasteiger partial charge in [0, 0.05) is 24.1 Å². The quantitative estimate of drug-likeness (QED) is 0.724. The molecule has 1 amide bonds. The Morgan fingerprint density at radius 1 is 1.17 bits per heavy atom. The number of amides is 1. The van der Waals surface area contributed by atoms with E-state index in [-0.39, 0.29) is 34.4 Å². The van der Waals surface area contributed by atoms with E-state index in [2.05, 4.69) is 10.3 Å². The number of nitrogens with two attached hydrogens (primary N) is 1. The van der Waals surface area contributed by atoms with E-state index in [1.807, 2.05) is 0 Å². The van der Waals surface area contributed by atoms with Gasteiger partial charge in [0.25, 0.3) is 5.91 Å². The molecule has 0 bridgehead atoms. The van der Waals surface area contributed by atoms with Gasteiger partial charge in [-0.1, -0.05) is 35.3 Å². The van der Waals surface area contributed by atoms with E-state index in [0.717, 1.165) is 0 Å². The van der Waals surface area contributed by atoms with E-state index >= 15 is 0 Å². The minimum absolute atomic E-state index is 0. The lowest BCUT2D eigenvalue weighted by atomic mass is 10.0. The highest BCUT2D eigenvalue weighted by atomic mass is 35.5. The first-order valence-corrected chi connectivity index (χ1v) is 7.31. The number of carbonyl (C=O) groups excluding carboxylic acids is 1. The third kappa shape index (κ3) is 5.07. The summed E-state index contributed by atoms with van der Waals surface area (Å²) in [6, 6.07) is 5.94. The highest BCUT2D eigenvalue weighted by Gasteiger charge is 2.16. The zero-order valence-electron chi connectivity index (χ0n) is 12.2. The summed E-state index contributed by atoms with van der Waals surface area (Å²) in [6.07, 6.45) is 2.49. The Balaban J connectivity index is 0.00000288. The van der Waals surface area contributed by atoms with Crippen molar-refractivity contribution in [3.63, 3.8) is 0 Å². The normalized spacial score (nSPS) is 11.3. The van der Waals surface area contributed by atoms with Crippen molar-refractivity contribution in [2.75, 3.05) is 5.32 Å². The van der Waals surface area contributed by atoms with Crippen LogP contribution >= 0.6 is 35.6 Å². The highest BCUT2D eigenvalue weighted by molar-refractivity contribution is 6.40. The number of anilines is 1. The third-order valence-corrected chi connectivity index (χ3v) is 3.64. The molecule has 0 saturated carbocycles. The molecule has 2 rings (SSSR count). The molecule has 0 saturated heterocycles. The fourth-order valence-corrected chi connectivity index (χ4v) is 2.48. The molecule has 1 atom stereocenters. The van der Waals surface area contributed by atoms with E-state index in [4.69, 9.17) is 34.0 Å². The Labute approximate surface area is 154 Å². The number of carboxylic acids is 1. The van der Waals surface area contributed by atoms with Crippen molar-refractivity contribution in [1.29, 1.82) is 0 Å². The van der Waals surface area contributed by atoms with E-state index in [1.54, 1.807) is 24.3 Å². The van der Waals surface area contributed by atoms with Gasteiger partial charge in [-0.3, -0.25) is 14.6 Å². The molecule has 6 nitrogen and oxygen atoms in total. The molecule has 1 aromatic heterocycles. The van der Waals surface area contributed by atoms with Crippen LogP contribution in [0.4, 0.5) is 5.69 Å². The number of nitrogens with zero attached hydrogens (tertiary/aromatic N) is 1. The molecule has 0 spiro atoms. The molecule has 0 radical (unpaired) electrons. The summed E-state index contributed by atoms with van der Waals surface area (Å²) < 4.78 is 0. The molecule has 9 heteroatoms. The number of aromatic nitrogens is 1. The van der Waals surface area contributed by atoms with Crippen molar-refractivity contribution in [1.82, 2.24) is 4.98 Å². The van der Waals surface area contributed by atoms with Gasteiger partial charge >= 0.3 is 5.97 Å². The first kappa shape index (κ1) is 20.2. The summed E-state index contributed by atoms with van der Waals surface area (Å²) in [5, 5.41) is 11.7. The van der Waals surface area contributed by atoms with E-state index in [9.17, 15) is 9.59 Å². The lowest BCUT2D eigenvalue weighted by Gasteiger charge is -2.11. The summed E-state index contributed by atoms with van der Waals surface area (Å²) >= 11 is 11.9. The van der Waals surface area contributed by atoms with Crippen molar-refractivity contribution < 1.29 is 14.7 Å². The summed E-state index contributed by atoms with van der Waals surface area (Å²) in [5.41, 5.74) is 7.06. The van der Waals surface area contributed by atoms with Gasteiger partial charge in [-0.05, 0) is 17.7 Å². The van der Waals surface area contributed by atoms with Crippen LogP contribution in [0.1, 0.15) is 28.4 Å². The van der Waals surface area contributed by atoms with E-state index in [1.165, 1.54) is 12.4 Å². The monoisotopic (exact) mass is 389 g/mol. The largest absolute Gasteiger partial charge is 0.481 e. The standard InChI is InChI=1S/C15H13Cl2N3O3.ClH/c16-10-6-19-7-11(17)14(10)15(23)20-9-3-1-8(2-4-9)12(18)5-13(21)22;/h1-4,6-7,12H,5,18H2,(H,20,23)(H,21,22);1H. The lowest BCUT2D eigenvalue weighted by molar-refractivity contribution is -0.137. The van der Waals surface area contributed by atoms with Crippen LogP contribution in [0.2, 0.25) is 10.0 Å². The van der Waals surface area contributed by atoms with Crippen LogP contribution < -0.4 is 11.1 Å². The topological polar surface area (TPSA) is 105 Å². The average molecular weight is 391 g/mol. The fourth-order valence-electron chi connectivity index (χ4n) is 1.94. The van der Waals surface area contributed by atoms with Gasteiger partial charge in [0.05, 0.1) is 22.0 Å². The third-order valence-electron chi connectivity index (χ3n) is 3.07. The molecule has 1 heterocycles. The minimum atomic E-state index is -0.975. The Morgan fingerprint density at radius 3 is 2.21 bits per heavy atom. The Kier molecular flexibility index (Phi) is 7.44. The van der Waals surface area contributed by atoms with Crippen molar-refractivity contribution in [2.45, 2.75) is 12.5 Å². The molecule has 128 valence electrons. The van der Waals surface area contributed by atoms with Crippen molar-refractivity contribution in [2.24, 2.45) is 5.73 Å². The fraction of sp³-hybridized carbons (Fsp3) is 0.133. The first-order chi connectivity index (χ1) is 10.9. The number of carboxylic acid groups (broad SMARTS) is 1. The predicted molar refractivity (Wildman–Crippen MR) is 95.1 cm³/mol. The first-order valence-electron chi connectivity index (χ1n) is 6.56. The second-order valence-electron chi connectivity index (χ2n) is 4.76. The van der Waals surface area contributed by atoms with Gasteiger partial charge in [0.15, 0.2) is 0 Å². The number of aliphatic carboxylic acids is 1. The van der Waals surface area contributed by atoms with Crippen molar-refractivity contribution in [3.05, 3.63) is 57.8 Å². The van der Waals surface area contributed by atoms with Gasteiger partial charge in [-0.15, -0.1) is 12.4 Å². The van der Waals surface area contributed by atoms with Gasteiger partial charge in [-0.25, -0.2) is 0 Å². The van der Waals surface area contributed by atoms with Crippen LogP contribution in [0.5, 0.6) is 0 Å². The summed E-state index contributed by atoms with van der Waals surface area (Å²) in [7, 11) is 0. The van der Waals surface area contributed by atoms with Crippen LogP contribution in [-0.2, 0) is 4.79 Å². The maximum absolute atomic E-state index is 12.2. The molecule has 4 N–H and O–H groups in total. The van der Waals surface area contributed by atoms with Gasteiger partial charge in [-0.2, -0.15) is 0 Å². The number of carbonyl (C=O) groups is 2. The molecule has 1 aromatic carbocycles. The Morgan fingerprint density at radius 2 is 1.71 bits per heavy atom. The SMILES string of the molecule is Cl.NC(CC(=O)O)c1ccc(NC(=O)c2c(Cl)cncc2Cl)cc1. The zero-order chi connectivity index (χ0) is 17.0. The smallest absolute Gasteiger partial charge is 0.305 e. The number of rotatable bonds is 5. The van der Waals surface area contributed by atoms with E-state index < -0.39 is 17.9 Å². The van der Waals surface area contributed by atoms with Crippen LogP contribution in [0.3, 0.4) is 0 Å². The number of nitrogens with one attached hydrogen (secondary N) is 1. The van der Waals surface area contributed by atoms with Gasteiger partial charge in [0.2, 0.25) is 0 Å². The van der Waals surface area contributed by atoms with Gasteiger partial charge in [0.1, 0.15) is 0 Å². The van der Waals surface area contributed by atoms with Crippen LogP contribution in [-0.4, -0.2) is 22.0 Å². The second kappa shape index (κ2) is 8.84. The molecule has 0 aliphatic rings. The number of hydrogen-bond donors (Lipinski definition) is 3. The Hall–Kier alpha value is -1.86. The van der Waals surface area contributed by atoms with E-state index in [0.29, 0.717) is 11.3 Å². The number of pyridine rings is 1. The van der Waals surface area contributed by atoms with Crippen LogP contribution in [0.15, 0.2) is 36.7 Å². The average Bonchev–Trinajstić information content (AvgIpc) is 2.47. The number of halogens is 3.